The van der Waals surface area contributed by atoms with E-state index in [0.717, 1.165) is 0 Å². The van der Waals surface area contributed by atoms with Crippen molar-refractivity contribution in [2.24, 2.45) is 0 Å². The van der Waals surface area contributed by atoms with Crippen molar-refractivity contribution in [3.05, 3.63) is 218 Å². The summed E-state index contributed by atoms with van der Waals surface area (Å²) < 4.78 is 7.60. The molecule has 58 heavy (non-hydrogen) atoms. The number of nitrogens with zero attached hydrogens (tertiary/aromatic N) is 2. The van der Waals surface area contributed by atoms with E-state index in [1.807, 2.05) is 11.3 Å². The molecule has 12 rings (SSSR count). The van der Waals surface area contributed by atoms with Crippen molar-refractivity contribution < 1.29 is 0 Å². The molecule has 9 aromatic carbocycles. The summed E-state index contributed by atoms with van der Waals surface area (Å²) in [5.74, 6) is 0. The first-order valence-electron chi connectivity index (χ1n) is 19.9. The maximum absolute atomic E-state index is 2.77. The second kappa shape index (κ2) is 13.0. The van der Waals surface area contributed by atoms with E-state index in [-0.39, 0.29) is 0 Å². The number of hydrogen-bond donors (Lipinski definition) is 0. The molecule has 0 aliphatic carbocycles. The zero-order valence-electron chi connectivity index (χ0n) is 31.6. The van der Waals surface area contributed by atoms with Crippen LogP contribution in [-0.4, -0.2) is 17.2 Å². The lowest BCUT2D eigenvalue weighted by atomic mass is 10.1. The van der Waals surface area contributed by atoms with E-state index in [0.29, 0.717) is 0 Å². The molecule has 4 heteroatoms. The molecule has 0 aliphatic heterocycles. The molecule has 0 unspecified atom stereocenters. The van der Waals surface area contributed by atoms with Gasteiger partial charge in [0.1, 0.15) is 0 Å². The summed E-state index contributed by atoms with van der Waals surface area (Å²) in [5.41, 5.74) is 7.23. The van der Waals surface area contributed by atoms with Crippen LogP contribution in [0.2, 0.25) is 0 Å². The highest BCUT2D eigenvalue weighted by Crippen LogP contribution is 2.42. The van der Waals surface area contributed by atoms with Crippen molar-refractivity contribution in [3.8, 4) is 11.4 Å². The lowest BCUT2D eigenvalue weighted by molar-refractivity contribution is 1.17. The molecule has 0 saturated carbocycles. The minimum Gasteiger partial charge on any atom is -0.309 e. The first-order chi connectivity index (χ1) is 28.8. The molecule has 0 fully saturated rings. The number of thiophene rings is 1. The molecule has 2 nitrogen and oxygen atoms in total. The van der Waals surface area contributed by atoms with E-state index < -0.39 is 8.07 Å². The van der Waals surface area contributed by atoms with Crippen LogP contribution in [0, 0.1) is 0 Å². The zero-order chi connectivity index (χ0) is 38.2. The van der Waals surface area contributed by atoms with Gasteiger partial charge in [0.05, 0.1) is 27.8 Å². The molecule has 0 atom stereocenters. The average Bonchev–Trinajstić information content (AvgIpc) is 3.96. The topological polar surface area (TPSA) is 9.86 Å². The van der Waals surface area contributed by atoms with Crippen molar-refractivity contribution in [3.63, 3.8) is 0 Å². The number of benzene rings is 9. The quantitative estimate of drug-likeness (QED) is 0.118. The van der Waals surface area contributed by atoms with Gasteiger partial charge in [-0.1, -0.05) is 170 Å². The zero-order valence-corrected chi connectivity index (χ0v) is 33.4. The highest BCUT2D eigenvalue weighted by atomic mass is 32.1. The molecule has 0 N–H and O–H groups in total. The fourth-order valence-corrected chi connectivity index (χ4v) is 16.5. The second-order valence-electron chi connectivity index (χ2n) is 15.2. The highest BCUT2D eigenvalue weighted by Gasteiger charge is 2.43. The van der Waals surface area contributed by atoms with Gasteiger partial charge in [-0.05, 0) is 69.3 Å². The summed E-state index contributed by atoms with van der Waals surface area (Å²) in [7, 11) is -2.77. The number of para-hydroxylation sites is 3. The van der Waals surface area contributed by atoms with Crippen LogP contribution < -0.4 is 20.7 Å². The normalized spacial score (nSPS) is 12.1. The van der Waals surface area contributed by atoms with Crippen molar-refractivity contribution >= 4 is 104 Å². The Bertz CT molecular complexity index is 3360. The van der Waals surface area contributed by atoms with Crippen molar-refractivity contribution in [1.29, 1.82) is 0 Å². The van der Waals surface area contributed by atoms with Gasteiger partial charge in [-0.15, -0.1) is 11.3 Å². The van der Waals surface area contributed by atoms with Gasteiger partial charge in [0, 0.05) is 47.4 Å². The van der Waals surface area contributed by atoms with Crippen LogP contribution in [0.4, 0.5) is 0 Å². The first-order valence-corrected chi connectivity index (χ1v) is 22.8. The third-order valence-corrected chi connectivity index (χ3v) is 18.5. The van der Waals surface area contributed by atoms with E-state index in [9.17, 15) is 0 Å². The van der Waals surface area contributed by atoms with Gasteiger partial charge in [0.15, 0.2) is 8.07 Å². The molecule has 3 heterocycles. The summed E-state index contributed by atoms with van der Waals surface area (Å²) in [6.07, 6.45) is 0. The largest absolute Gasteiger partial charge is 0.309 e. The summed E-state index contributed by atoms with van der Waals surface area (Å²) in [4.78, 5) is 0. The van der Waals surface area contributed by atoms with Crippen LogP contribution in [0.5, 0.6) is 0 Å². The van der Waals surface area contributed by atoms with Crippen LogP contribution in [0.1, 0.15) is 0 Å². The average molecular weight is 773 g/mol. The number of hydrogen-bond acceptors (Lipinski definition) is 1. The van der Waals surface area contributed by atoms with Gasteiger partial charge in [0.25, 0.3) is 0 Å². The minimum absolute atomic E-state index is 1.17. The molecular weight excluding hydrogens is 737 g/mol. The van der Waals surface area contributed by atoms with E-state index in [4.69, 9.17) is 0 Å². The summed E-state index contributed by atoms with van der Waals surface area (Å²) in [6, 6.07) is 81.3. The Morgan fingerprint density at radius 1 is 0.345 bits per heavy atom. The summed E-state index contributed by atoms with van der Waals surface area (Å²) in [6.45, 7) is 0. The van der Waals surface area contributed by atoms with Gasteiger partial charge in [0.2, 0.25) is 0 Å². The first kappa shape index (κ1) is 33.2. The van der Waals surface area contributed by atoms with E-state index in [2.05, 4.69) is 228 Å². The SMILES string of the molecule is c1ccc([Si](c2ccccc2)(c2ccccc2)c2cccc3c2sc2cccc(-n4c5ccccc5c5cc(-n6c7ccccc7c7ccccc76)ccc54)c23)cc1. The molecular formula is C54H36N2SSi. The van der Waals surface area contributed by atoms with Crippen molar-refractivity contribution in [2.75, 3.05) is 0 Å². The fourth-order valence-electron chi connectivity index (χ4n) is 9.90. The monoisotopic (exact) mass is 772 g/mol. The Balaban J connectivity index is 1.14. The van der Waals surface area contributed by atoms with Crippen LogP contribution in [0.25, 0.3) is 75.2 Å². The predicted molar refractivity (Wildman–Crippen MR) is 252 cm³/mol. The predicted octanol–water partition coefficient (Wildman–Crippen LogP) is 11.6. The lowest BCUT2D eigenvalue weighted by Crippen LogP contribution is -2.74. The third-order valence-electron chi connectivity index (χ3n) is 12.3. The van der Waals surface area contributed by atoms with Gasteiger partial charge in [-0.25, -0.2) is 0 Å². The lowest BCUT2D eigenvalue weighted by Gasteiger charge is -2.34. The Morgan fingerprint density at radius 3 is 1.40 bits per heavy atom. The molecule has 12 aromatic rings. The standard InChI is InChI=1S/C54H36N2SSi/c1-4-18-38(19-5-1)58(39-20-6-2-7-21-39,40-22-8-3-9-23-40)52-33-16-27-44-53-50(31-17-32-51(53)57-54(44)52)56-48-30-15-12-26-43(48)45-36-37(34-35-49(45)56)55-46-28-13-10-24-41(46)42-25-11-14-29-47(42)55/h1-36H. The number of rotatable bonds is 6. The summed E-state index contributed by atoms with van der Waals surface area (Å²) >= 11 is 1.94. The van der Waals surface area contributed by atoms with E-state index in [1.165, 1.54) is 95.9 Å². The van der Waals surface area contributed by atoms with Gasteiger partial charge >= 0.3 is 0 Å². The van der Waals surface area contributed by atoms with E-state index in [1.54, 1.807) is 0 Å². The molecule has 0 aliphatic rings. The van der Waals surface area contributed by atoms with Crippen LogP contribution >= 0.6 is 11.3 Å². The minimum atomic E-state index is -2.77. The molecule has 0 amide bonds. The molecule has 0 saturated heterocycles. The third kappa shape index (κ3) is 4.70. The van der Waals surface area contributed by atoms with E-state index >= 15 is 0 Å². The maximum atomic E-state index is 2.51. The maximum Gasteiger partial charge on any atom is 0.181 e. The van der Waals surface area contributed by atoms with Crippen LogP contribution in [-0.2, 0) is 0 Å². The van der Waals surface area contributed by atoms with Crippen LogP contribution in [0.15, 0.2) is 218 Å². The Labute approximate surface area is 341 Å². The molecule has 0 bridgehead atoms. The Kier molecular flexibility index (Phi) is 7.46. The highest BCUT2D eigenvalue weighted by molar-refractivity contribution is 7.30. The Hall–Kier alpha value is -6.98. The van der Waals surface area contributed by atoms with Crippen molar-refractivity contribution in [1.82, 2.24) is 9.13 Å². The van der Waals surface area contributed by atoms with Crippen molar-refractivity contribution in [2.45, 2.75) is 0 Å². The second-order valence-corrected chi connectivity index (χ2v) is 20.0. The summed E-state index contributed by atoms with van der Waals surface area (Å²) in [5, 5.41) is 13.2. The Morgan fingerprint density at radius 2 is 0.810 bits per heavy atom. The fraction of sp³-hybridized carbons (Fsp3) is 0. The molecule has 0 spiro atoms. The van der Waals surface area contributed by atoms with Gasteiger partial charge < -0.3 is 9.13 Å². The smallest absolute Gasteiger partial charge is 0.181 e. The molecule has 0 radical (unpaired) electrons. The number of aromatic nitrogens is 2. The molecule has 272 valence electrons. The van der Waals surface area contributed by atoms with Crippen LogP contribution in [0.3, 0.4) is 0 Å². The van der Waals surface area contributed by atoms with Gasteiger partial charge in [-0.2, -0.15) is 0 Å². The molecule has 3 aromatic heterocycles. The number of fused-ring (bicyclic) bond motifs is 9. The van der Waals surface area contributed by atoms with Gasteiger partial charge in [-0.3, -0.25) is 0 Å².